The van der Waals surface area contributed by atoms with Gasteiger partial charge in [0.1, 0.15) is 18.1 Å². The summed E-state index contributed by atoms with van der Waals surface area (Å²) in [5.41, 5.74) is 1.80. The van der Waals surface area contributed by atoms with Crippen molar-refractivity contribution in [2.75, 3.05) is 32.3 Å². The fourth-order valence-corrected chi connectivity index (χ4v) is 3.84. The lowest BCUT2D eigenvalue weighted by Crippen LogP contribution is -2.30. The number of amides is 1. The molecule has 0 spiro atoms. The predicted molar refractivity (Wildman–Crippen MR) is 122 cm³/mol. The van der Waals surface area contributed by atoms with E-state index >= 15 is 0 Å². The van der Waals surface area contributed by atoms with Gasteiger partial charge in [-0.1, -0.05) is 12.1 Å². The summed E-state index contributed by atoms with van der Waals surface area (Å²) in [6.45, 7) is 1.27. The molecule has 7 nitrogen and oxygen atoms in total. The lowest BCUT2D eigenvalue weighted by Gasteiger charge is -2.15. The Bertz CT molecular complexity index is 1020. The highest BCUT2D eigenvalue weighted by molar-refractivity contribution is 7.80. The first-order valence-electron chi connectivity index (χ1n) is 10.0. The Balaban J connectivity index is 1.52. The molecule has 162 valence electrons. The molecular formula is C23H24N2O5S. The molecule has 2 aliphatic rings. The van der Waals surface area contributed by atoms with Crippen LogP contribution in [0, 0.1) is 0 Å². The molecule has 2 aromatic rings. The van der Waals surface area contributed by atoms with Crippen LogP contribution in [0.15, 0.2) is 48.2 Å². The molecule has 1 atom stereocenters. The van der Waals surface area contributed by atoms with E-state index in [0.29, 0.717) is 40.4 Å². The zero-order valence-electron chi connectivity index (χ0n) is 17.4. The van der Waals surface area contributed by atoms with E-state index in [9.17, 15) is 4.79 Å². The summed E-state index contributed by atoms with van der Waals surface area (Å²) in [5, 5.41) is 3.30. The molecule has 1 unspecified atom stereocenters. The van der Waals surface area contributed by atoms with Crippen LogP contribution in [0.2, 0.25) is 0 Å². The number of thiocarbonyl (C=S) groups is 1. The first-order chi connectivity index (χ1) is 15.1. The normalized spacial score (nSPS) is 19.6. The van der Waals surface area contributed by atoms with Gasteiger partial charge in [-0.3, -0.25) is 9.69 Å². The van der Waals surface area contributed by atoms with Crippen molar-refractivity contribution in [2.45, 2.75) is 18.9 Å². The molecule has 0 bridgehead atoms. The molecule has 2 heterocycles. The molecule has 1 N–H and O–H groups in total. The summed E-state index contributed by atoms with van der Waals surface area (Å²) >= 11 is 5.38. The van der Waals surface area contributed by atoms with Crippen LogP contribution in [0.5, 0.6) is 17.2 Å². The van der Waals surface area contributed by atoms with Crippen LogP contribution in [0.3, 0.4) is 0 Å². The standard InChI is InChI=1S/C23H24N2O5S/c1-27-17-6-3-5-16(13-17)25-22(26)19(24-23(25)31)11-15-8-9-20(21(12-15)28-2)30-14-18-7-4-10-29-18/h3,5-6,8-9,11-13,18H,4,7,10,14H2,1-2H3,(H,24,31). The molecule has 0 aliphatic carbocycles. The molecule has 2 aromatic carbocycles. The third kappa shape index (κ3) is 4.65. The molecule has 8 heteroatoms. The van der Waals surface area contributed by atoms with E-state index in [1.54, 1.807) is 32.4 Å². The molecular weight excluding hydrogens is 416 g/mol. The quantitative estimate of drug-likeness (QED) is 0.522. The summed E-state index contributed by atoms with van der Waals surface area (Å²) in [6.07, 6.45) is 3.92. The van der Waals surface area contributed by atoms with Crippen molar-refractivity contribution in [3.05, 3.63) is 53.7 Å². The molecule has 4 rings (SSSR count). The summed E-state index contributed by atoms with van der Waals surface area (Å²) in [6, 6.07) is 12.7. The summed E-state index contributed by atoms with van der Waals surface area (Å²) in [7, 11) is 3.16. The third-order valence-corrected chi connectivity index (χ3v) is 5.42. The van der Waals surface area contributed by atoms with Crippen molar-refractivity contribution in [1.29, 1.82) is 0 Å². The van der Waals surface area contributed by atoms with Crippen LogP contribution in [0.25, 0.3) is 6.08 Å². The average molecular weight is 441 g/mol. The van der Waals surface area contributed by atoms with Gasteiger partial charge < -0.3 is 24.3 Å². The largest absolute Gasteiger partial charge is 0.497 e. The minimum atomic E-state index is -0.240. The first kappa shape index (κ1) is 21.1. The second-order valence-corrected chi connectivity index (χ2v) is 7.57. The Kier molecular flexibility index (Phi) is 6.39. The Morgan fingerprint density at radius 2 is 2.06 bits per heavy atom. The van der Waals surface area contributed by atoms with Gasteiger partial charge in [-0.25, -0.2) is 0 Å². The molecule has 0 radical (unpaired) electrons. The topological polar surface area (TPSA) is 69.3 Å². The summed E-state index contributed by atoms with van der Waals surface area (Å²) in [5.74, 6) is 1.63. The highest BCUT2D eigenvalue weighted by Gasteiger charge is 2.32. The number of benzene rings is 2. The second kappa shape index (κ2) is 9.36. The van der Waals surface area contributed by atoms with E-state index in [0.717, 1.165) is 25.0 Å². The number of nitrogens with one attached hydrogen (secondary N) is 1. The van der Waals surface area contributed by atoms with E-state index in [4.69, 9.17) is 31.2 Å². The Morgan fingerprint density at radius 1 is 1.19 bits per heavy atom. The van der Waals surface area contributed by atoms with Gasteiger partial charge in [0.25, 0.3) is 5.91 Å². The number of methoxy groups -OCH3 is 2. The SMILES string of the molecule is COc1cccc(N2C(=O)C(=Cc3ccc(OCC4CCCO4)c(OC)c3)NC2=S)c1. The highest BCUT2D eigenvalue weighted by atomic mass is 32.1. The molecule has 2 fully saturated rings. The molecule has 0 saturated carbocycles. The Labute approximate surface area is 186 Å². The van der Waals surface area contributed by atoms with E-state index < -0.39 is 0 Å². The van der Waals surface area contributed by atoms with Gasteiger partial charge >= 0.3 is 0 Å². The van der Waals surface area contributed by atoms with Crippen molar-refractivity contribution < 1.29 is 23.7 Å². The van der Waals surface area contributed by atoms with Crippen molar-refractivity contribution in [3.8, 4) is 17.2 Å². The van der Waals surface area contributed by atoms with Gasteiger partial charge in [0, 0.05) is 12.7 Å². The van der Waals surface area contributed by atoms with Crippen molar-refractivity contribution in [1.82, 2.24) is 5.32 Å². The van der Waals surface area contributed by atoms with Gasteiger partial charge in [0.15, 0.2) is 16.6 Å². The zero-order chi connectivity index (χ0) is 21.8. The Morgan fingerprint density at radius 3 is 2.81 bits per heavy atom. The van der Waals surface area contributed by atoms with E-state index in [1.807, 2.05) is 30.3 Å². The molecule has 2 saturated heterocycles. The number of hydrogen-bond acceptors (Lipinski definition) is 6. The predicted octanol–water partition coefficient (Wildman–Crippen LogP) is 3.52. The summed E-state index contributed by atoms with van der Waals surface area (Å²) in [4.78, 5) is 14.4. The third-order valence-electron chi connectivity index (χ3n) is 5.14. The van der Waals surface area contributed by atoms with Gasteiger partial charge in [-0.2, -0.15) is 0 Å². The maximum absolute atomic E-state index is 13.0. The number of nitrogens with zero attached hydrogens (tertiary/aromatic N) is 1. The number of carbonyl (C=O) groups excluding carboxylic acids is 1. The first-order valence-corrected chi connectivity index (χ1v) is 10.4. The maximum atomic E-state index is 13.0. The van der Waals surface area contributed by atoms with Crippen LogP contribution in [0.1, 0.15) is 18.4 Å². The van der Waals surface area contributed by atoms with Crippen LogP contribution < -0.4 is 24.4 Å². The average Bonchev–Trinajstić information content (AvgIpc) is 3.40. The number of hydrogen-bond donors (Lipinski definition) is 1. The second-order valence-electron chi connectivity index (χ2n) is 7.19. The van der Waals surface area contributed by atoms with E-state index in [1.165, 1.54) is 4.90 Å². The lowest BCUT2D eigenvalue weighted by atomic mass is 10.1. The van der Waals surface area contributed by atoms with Gasteiger partial charge in [-0.05, 0) is 61.0 Å². The number of carbonyl (C=O) groups is 1. The number of rotatable bonds is 7. The zero-order valence-corrected chi connectivity index (χ0v) is 18.2. The van der Waals surface area contributed by atoms with Crippen LogP contribution >= 0.6 is 12.2 Å². The van der Waals surface area contributed by atoms with Crippen molar-refractivity contribution in [2.24, 2.45) is 0 Å². The van der Waals surface area contributed by atoms with Crippen LogP contribution in [0.4, 0.5) is 5.69 Å². The fourth-order valence-electron chi connectivity index (χ4n) is 3.54. The minimum Gasteiger partial charge on any atom is -0.497 e. The Hall–Kier alpha value is -3.10. The monoisotopic (exact) mass is 440 g/mol. The molecule has 2 aliphatic heterocycles. The van der Waals surface area contributed by atoms with Crippen molar-refractivity contribution in [3.63, 3.8) is 0 Å². The molecule has 1 amide bonds. The smallest absolute Gasteiger partial charge is 0.281 e. The van der Waals surface area contributed by atoms with E-state index in [-0.39, 0.29) is 12.0 Å². The fraction of sp³-hybridized carbons (Fsp3) is 0.304. The molecule has 31 heavy (non-hydrogen) atoms. The highest BCUT2D eigenvalue weighted by Crippen LogP contribution is 2.31. The van der Waals surface area contributed by atoms with Gasteiger partial charge in [0.05, 0.1) is 26.0 Å². The van der Waals surface area contributed by atoms with Crippen LogP contribution in [-0.2, 0) is 9.53 Å². The van der Waals surface area contributed by atoms with Gasteiger partial charge in [0.2, 0.25) is 0 Å². The number of anilines is 1. The minimum absolute atomic E-state index is 0.121. The molecule has 0 aromatic heterocycles. The maximum Gasteiger partial charge on any atom is 0.281 e. The lowest BCUT2D eigenvalue weighted by molar-refractivity contribution is -0.113. The van der Waals surface area contributed by atoms with Gasteiger partial charge in [-0.15, -0.1) is 0 Å². The van der Waals surface area contributed by atoms with E-state index in [2.05, 4.69) is 5.32 Å². The van der Waals surface area contributed by atoms with Crippen molar-refractivity contribution >= 4 is 35.0 Å². The summed E-state index contributed by atoms with van der Waals surface area (Å²) < 4.78 is 22.2. The van der Waals surface area contributed by atoms with Crippen LogP contribution in [-0.4, -0.2) is 44.6 Å². The number of ether oxygens (including phenoxy) is 4.